The van der Waals surface area contributed by atoms with Gasteiger partial charge in [0, 0.05) is 17.5 Å². The molecule has 8 heteroatoms. The van der Waals surface area contributed by atoms with Gasteiger partial charge in [-0.15, -0.1) is 0 Å². The molecule has 1 atom stereocenters. The van der Waals surface area contributed by atoms with Crippen molar-refractivity contribution in [2.45, 2.75) is 33.2 Å². The molecule has 27 heavy (non-hydrogen) atoms. The Bertz CT molecular complexity index is 955. The van der Waals surface area contributed by atoms with E-state index in [0.717, 1.165) is 17.5 Å². The van der Waals surface area contributed by atoms with Gasteiger partial charge in [0.1, 0.15) is 11.8 Å². The summed E-state index contributed by atoms with van der Waals surface area (Å²) in [6.07, 6.45) is 3.21. The summed E-state index contributed by atoms with van der Waals surface area (Å²) in [5.74, 6) is 0.593. The molecule has 1 aromatic carbocycles. The molecule has 0 spiro atoms. The van der Waals surface area contributed by atoms with Gasteiger partial charge in [-0.3, -0.25) is 9.52 Å². The molecule has 0 radical (unpaired) electrons. The number of hydrazone groups is 1. The quantitative estimate of drug-likeness (QED) is 0.868. The minimum absolute atomic E-state index is 0.0886. The SMILES string of the molecule is CC(C)(C)C(=O)N1N=C(c2ccc(NS(C)(=O)=O)cc2)C[C@@H]1c1ccco1. The molecule has 0 fully saturated rings. The van der Waals surface area contributed by atoms with Gasteiger partial charge in [-0.05, 0) is 29.8 Å². The van der Waals surface area contributed by atoms with Gasteiger partial charge in [-0.1, -0.05) is 32.9 Å². The zero-order chi connectivity index (χ0) is 19.8. The van der Waals surface area contributed by atoms with Crippen LogP contribution in [-0.2, 0) is 14.8 Å². The molecule has 144 valence electrons. The Morgan fingerprint density at radius 2 is 1.89 bits per heavy atom. The maximum atomic E-state index is 12.9. The van der Waals surface area contributed by atoms with Crippen LogP contribution >= 0.6 is 0 Å². The first kappa shape index (κ1) is 19.2. The van der Waals surface area contributed by atoms with E-state index in [1.54, 1.807) is 36.6 Å². The number of hydrogen-bond acceptors (Lipinski definition) is 5. The molecule has 1 aliphatic rings. The molecule has 0 saturated heterocycles. The molecule has 1 N–H and O–H groups in total. The molecule has 2 aromatic rings. The van der Waals surface area contributed by atoms with Gasteiger partial charge in [-0.2, -0.15) is 5.10 Å². The normalized spacial score (nSPS) is 17.7. The first-order chi connectivity index (χ1) is 12.5. The summed E-state index contributed by atoms with van der Waals surface area (Å²) in [4.78, 5) is 12.9. The van der Waals surface area contributed by atoms with E-state index < -0.39 is 15.4 Å². The molecular formula is C19H23N3O4S. The number of benzene rings is 1. The lowest BCUT2D eigenvalue weighted by atomic mass is 9.94. The summed E-state index contributed by atoms with van der Waals surface area (Å²) in [7, 11) is -3.33. The predicted molar refractivity (Wildman–Crippen MR) is 104 cm³/mol. The smallest absolute Gasteiger partial charge is 0.248 e. The van der Waals surface area contributed by atoms with Gasteiger partial charge in [0.15, 0.2) is 0 Å². The van der Waals surface area contributed by atoms with Crippen LogP contribution < -0.4 is 4.72 Å². The summed E-state index contributed by atoms with van der Waals surface area (Å²) < 4.78 is 30.6. The minimum Gasteiger partial charge on any atom is -0.467 e. The first-order valence-corrected chi connectivity index (χ1v) is 10.5. The van der Waals surface area contributed by atoms with E-state index in [9.17, 15) is 13.2 Å². The monoisotopic (exact) mass is 389 g/mol. The van der Waals surface area contributed by atoms with Crippen molar-refractivity contribution in [3.05, 3.63) is 54.0 Å². The van der Waals surface area contributed by atoms with Crippen LogP contribution in [0.2, 0.25) is 0 Å². The van der Waals surface area contributed by atoms with Gasteiger partial charge in [-0.25, -0.2) is 13.4 Å². The summed E-state index contributed by atoms with van der Waals surface area (Å²) in [6.45, 7) is 5.56. The second kappa shape index (κ2) is 6.84. The maximum Gasteiger partial charge on any atom is 0.248 e. The van der Waals surface area contributed by atoms with Crippen molar-refractivity contribution < 1.29 is 17.6 Å². The summed E-state index contributed by atoms with van der Waals surface area (Å²) in [6, 6.07) is 10.3. The number of nitrogens with zero attached hydrogens (tertiary/aromatic N) is 2. The highest BCUT2D eigenvalue weighted by Gasteiger charge is 2.39. The molecule has 1 aromatic heterocycles. The number of carbonyl (C=O) groups excluding carboxylic acids is 1. The molecule has 0 unspecified atom stereocenters. The first-order valence-electron chi connectivity index (χ1n) is 8.57. The molecule has 2 heterocycles. The van der Waals surface area contributed by atoms with E-state index in [2.05, 4.69) is 9.82 Å². The van der Waals surface area contributed by atoms with Gasteiger partial charge in [0.05, 0.1) is 18.2 Å². The molecular weight excluding hydrogens is 366 g/mol. The third-order valence-electron chi connectivity index (χ3n) is 4.15. The Hall–Kier alpha value is -2.61. The van der Waals surface area contributed by atoms with Crippen molar-refractivity contribution in [1.29, 1.82) is 0 Å². The fraction of sp³-hybridized carbons (Fsp3) is 0.368. The predicted octanol–water partition coefficient (Wildman–Crippen LogP) is 3.37. The number of rotatable bonds is 4. The Morgan fingerprint density at radius 3 is 2.41 bits per heavy atom. The third kappa shape index (κ3) is 4.39. The number of carbonyl (C=O) groups is 1. The van der Waals surface area contributed by atoms with E-state index in [4.69, 9.17) is 4.42 Å². The fourth-order valence-electron chi connectivity index (χ4n) is 2.86. The van der Waals surface area contributed by atoms with Crippen LogP contribution in [0.4, 0.5) is 5.69 Å². The van der Waals surface area contributed by atoms with Crippen molar-refractivity contribution in [3.63, 3.8) is 0 Å². The average molecular weight is 389 g/mol. The second-order valence-corrected chi connectivity index (χ2v) is 9.38. The largest absolute Gasteiger partial charge is 0.467 e. The Kier molecular flexibility index (Phi) is 4.86. The zero-order valence-electron chi connectivity index (χ0n) is 15.8. The van der Waals surface area contributed by atoms with E-state index >= 15 is 0 Å². The fourth-order valence-corrected chi connectivity index (χ4v) is 3.43. The Labute approximate surface area is 159 Å². The lowest BCUT2D eigenvalue weighted by Gasteiger charge is -2.27. The number of amides is 1. The van der Waals surface area contributed by atoms with Crippen molar-refractivity contribution in [1.82, 2.24) is 5.01 Å². The van der Waals surface area contributed by atoms with Crippen LogP contribution in [0.5, 0.6) is 0 Å². The van der Waals surface area contributed by atoms with Gasteiger partial charge in [0.2, 0.25) is 15.9 Å². The molecule has 0 bridgehead atoms. The highest BCUT2D eigenvalue weighted by Crippen LogP contribution is 2.36. The van der Waals surface area contributed by atoms with Crippen LogP contribution in [0.25, 0.3) is 0 Å². The van der Waals surface area contributed by atoms with Gasteiger partial charge >= 0.3 is 0 Å². The molecule has 0 aliphatic carbocycles. The molecule has 7 nitrogen and oxygen atoms in total. The van der Waals surface area contributed by atoms with Crippen LogP contribution in [0.15, 0.2) is 52.2 Å². The van der Waals surface area contributed by atoms with Gasteiger partial charge < -0.3 is 4.42 Å². The van der Waals surface area contributed by atoms with Crippen molar-refractivity contribution in [2.24, 2.45) is 10.5 Å². The topological polar surface area (TPSA) is 92.0 Å². The molecule has 1 amide bonds. The number of sulfonamides is 1. The summed E-state index contributed by atoms with van der Waals surface area (Å²) >= 11 is 0. The molecule has 1 aliphatic heterocycles. The van der Waals surface area contributed by atoms with Crippen molar-refractivity contribution >= 4 is 27.3 Å². The Morgan fingerprint density at radius 1 is 1.22 bits per heavy atom. The van der Waals surface area contributed by atoms with E-state index in [-0.39, 0.29) is 11.9 Å². The van der Waals surface area contributed by atoms with Crippen LogP contribution in [0.1, 0.15) is 44.6 Å². The van der Waals surface area contributed by atoms with Crippen LogP contribution in [0, 0.1) is 5.41 Å². The number of hydrogen-bond donors (Lipinski definition) is 1. The van der Waals surface area contributed by atoms with Gasteiger partial charge in [0.25, 0.3) is 0 Å². The van der Waals surface area contributed by atoms with E-state index in [0.29, 0.717) is 17.9 Å². The molecule has 3 rings (SSSR count). The van der Waals surface area contributed by atoms with Crippen LogP contribution in [-0.4, -0.2) is 31.3 Å². The average Bonchev–Trinajstić information content (AvgIpc) is 3.21. The van der Waals surface area contributed by atoms with Crippen molar-refractivity contribution in [3.8, 4) is 0 Å². The highest BCUT2D eigenvalue weighted by atomic mass is 32.2. The summed E-state index contributed by atoms with van der Waals surface area (Å²) in [5, 5.41) is 6.06. The number of anilines is 1. The Balaban J connectivity index is 1.90. The maximum absolute atomic E-state index is 12.9. The standard InChI is InChI=1S/C19H23N3O4S/c1-19(2,3)18(23)22-16(17-6-5-11-26-17)12-15(20-22)13-7-9-14(10-8-13)21-27(4,24)25/h5-11,16,21H,12H2,1-4H3/t16-/m1/s1. The zero-order valence-corrected chi connectivity index (χ0v) is 16.6. The highest BCUT2D eigenvalue weighted by molar-refractivity contribution is 7.92. The van der Waals surface area contributed by atoms with Crippen molar-refractivity contribution in [2.75, 3.05) is 11.0 Å². The van der Waals surface area contributed by atoms with Crippen LogP contribution in [0.3, 0.4) is 0 Å². The minimum atomic E-state index is -3.33. The number of furan rings is 1. The summed E-state index contributed by atoms with van der Waals surface area (Å²) in [5.41, 5.74) is 1.48. The third-order valence-corrected chi connectivity index (χ3v) is 4.76. The second-order valence-electron chi connectivity index (χ2n) is 7.63. The number of nitrogens with one attached hydrogen (secondary N) is 1. The molecule has 0 saturated carbocycles. The lowest BCUT2D eigenvalue weighted by molar-refractivity contribution is -0.141. The van der Waals surface area contributed by atoms with E-state index in [1.807, 2.05) is 26.8 Å². The lowest BCUT2D eigenvalue weighted by Crippen LogP contribution is -2.36. The van der Waals surface area contributed by atoms with E-state index in [1.165, 1.54) is 5.01 Å².